The van der Waals surface area contributed by atoms with Crippen molar-refractivity contribution in [1.29, 1.82) is 0 Å². The number of carbonyl (C=O) groups excluding carboxylic acids is 2. The summed E-state index contributed by atoms with van der Waals surface area (Å²) in [5.41, 5.74) is 6.02. The zero-order valence-electron chi connectivity index (χ0n) is 15.7. The molecule has 1 saturated carbocycles. The predicted molar refractivity (Wildman–Crippen MR) is 98.3 cm³/mol. The maximum Gasteiger partial charge on any atom is 0.422 e. The van der Waals surface area contributed by atoms with E-state index in [0.29, 0.717) is 0 Å². The number of amides is 2. The van der Waals surface area contributed by atoms with Crippen LogP contribution in [0, 0.1) is 0 Å². The van der Waals surface area contributed by atoms with Gasteiger partial charge in [0.15, 0.2) is 0 Å². The molecule has 0 radical (unpaired) electrons. The minimum atomic E-state index is -0.520. The Morgan fingerprint density at radius 3 is 2.23 bits per heavy atom. The first kappa shape index (κ1) is 20.0. The lowest BCUT2D eigenvalue weighted by Crippen LogP contribution is -2.49. The molecule has 3 N–H and O–H groups in total. The van der Waals surface area contributed by atoms with E-state index in [0.717, 1.165) is 31.2 Å². The Balaban J connectivity index is 1.60. The van der Waals surface area contributed by atoms with Gasteiger partial charge in [-0.15, -0.1) is 0 Å². The summed E-state index contributed by atoms with van der Waals surface area (Å²) in [6.45, 7) is 5.73. The van der Waals surface area contributed by atoms with Crippen LogP contribution in [0.5, 0.6) is 0 Å². The van der Waals surface area contributed by atoms with Gasteiger partial charge in [0, 0.05) is 12.1 Å². The fraction of sp³-hybridized carbons (Fsp3) is 0.579. The minimum absolute atomic E-state index is 0.0952. The number of alkyl carbamates (subject to hydrolysis) is 1. The fourth-order valence-corrected chi connectivity index (χ4v) is 2.78. The SMILES string of the molecule is CC(C)(C)OC(=O)NNC1CCC(NC(=O)OCc2ccccc2)CC1. The van der Waals surface area contributed by atoms with Gasteiger partial charge in [0.2, 0.25) is 0 Å². The minimum Gasteiger partial charge on any atom is -0.445 e. The van der Waals surface area contributed by atoms with Crippen molar-refractivity contribution in [3.63, 3.8) is 0 Å². The molecule has 0 bridgehead atoms. The van der Waals surface area contributed by atoms with E-state index in [1.165, 1.54) is 0 Å². The summed E-state index contributed by atoms with van der Waals surface area (Å²) in [5.74, 6) is 0. The van der Waals surface area contributed by atoms with Crippen molar-refractivity contribution in [3.05, 3.63) is 35.9 Å². The summed E-state index contributed by atoms with van der Waals surface area (Å²) in [4.78, 5) is 23.5. The Kier molecular flexibility index (Phi) is 7.26. The highest BCUT2D eigenvalue weighted by molar-refractivity contribution is 5.67. The lowest BCUT2D eigenvalue weighted by molar-refractivity contribution is 0.0481. The van der Waals surface area contributed by atoms with Crippen LogP contribution >= 0.6 is 0 Å². The van der Waals surface area contributed by atoms with Gasteiger partial charge in [-0.2, -0.15) is 0 Å². The quantitative estimate of drug-likeness (QED) is 0.699. The number of hydrogen-bond donors (Lipinski definition) is 3. The van der Waals surface area contributed by atoms with Gasteiger partial charge in [-0.05, 0) is 52.0 Å². The van der Waals surface area contributed by atoms with Crippen molar-refractivity contribution in [3.8, 4) is 0 Å². The Bertz CT molecular complexity index is 578. The number of benzene rings is 1. The highest BCUT2D eigenvalue weighted by Crippen LogP contribution is 2.18. The van der Waals surface area contributed by atoms with Crippen LogP contribution in [0.15, 0.2) is 30.3 Å². The molecular formula is C19H29N3O4. The van der Waals surface area contributed by atoms with Crippen LogP contribution in [0.1, 0.15) is 52.0 Å². The molecule has 1 fully saturated rings. The number of carbonyl (C=O) groups is 2. The summed E-state index contributed by atoms with van der Waals surface area (Å²) in [7, 11) is 0. The van der Waals surface area contributed by atoms with Crippen molar-refractivity contribution >= 4 is 12.2 Å². The molecule has 0 heterocycles. The van der Waals surface area contributed by atoms with Gasteiger partial charge < -0.3 is 14.8 Å². The first-order valence-corrected chi connectivity index (χ1v) is 9.03. The molecule has 1 aliphatic carbocycles. The maximum atomic E-state index is 11.9. The molecule has 0 atom stereocenters. The third-order valence-electron chi connectivity index (χ3n) is 4.04. The summed E-state index contributed by atoms with van der Waals surface area (Å²) < 4.78 is 10.4. The van der Waals surface area contributed by atoms with E-state index in [2.05, 4.69) is 16.2 Å². The van der Waals surface area contributed by atoms with Gasteiger partial charge in [0.1, 0.15) is 12.2 Å². The highest BCUT2D eigenvalue weighted by atomic mass is 16.6. The summed E-state index contributed by atoms with van der Waals surface area (Å²) in [6.07, 6.45) is 2.47. The lowest BCUT2D eigenvalue weighted by Gasteiger charge is -2.29. The topological polar surface area (TPSA) is 88.7 Å². The van der Waals surface area contributed by atoms with E-state index in [9.17, 15) is 9.59 Å². The van der Waals surface area contributed by atoms with Gasteiger partial charge in [-0.3, -0.25) is 5.43 Å². The molecular weight excluding hydrogens is 334 g/mol. The first-order chi connectivity index (χ1) is 12.3. The molecule has 0 saturated heterocycles. The van der Waals surface area contributed by atoms with Crippen molar-refractivity contribution in [1.82, 2.24) is 16.2 Å². The third-order valence-corrected chi connectivity index (χ3v) is 4.04. The van der Waals surface area contributed by atoms with E-state index < -0.39 is 17.8 Å². The van der Waals surface area contributed by atoms with Crippen LogP contribution in [-0.4, -0.2) is 29.9 Å². The summed E-state index contributed by atoms with van der Waals surface area (Å²) in [6, 6.07) is 9.85. The summed E-state index contributed by atoms with van der Waals surface area (Å²) >= 11 is 0. The number of hydrogen-bond acceptors (Lipinski definition) is 5. The average Bonchev–Trinajstić information content (AvgIpc) is 2.59. The second-order valence-corrected chi connectivity index (χ2v) is 7.53. The molecule has 1 aromatic rings. The zero-order valence-corrected chi connectivity index (χ0v) is 15.7. The van der Waals surface area contributed by atoms with Crippen LogP contribution < -0.4 is 16.2 Å². The molecule has 1 aliphatic rings. The molecule has 2 amide bonds. The largest absolute Gasteiger partial charge is 0.445 e. The molecule has 0 aliphatic heterocycles. The van der Waals surface area contributed by atoms with E-state index in [1.807, 2.05) is 51.1 Å². The fourth-order valence-electron chi connectivity index (χ4n) is 2.78. The molecule has 144 valence electrons. The van der Waals surface area contributed by atoms with Gasteiger partial charge in [0.25, 0.3) is 0 Å². The van der Waals surface area contributed by atoms with Crippen LogP contribution in [0.4, 0.5) is 9.59 Å². The lowest BCUT2D eigenvalue weighted by atomic mass is 9.92. The van der Waals surface area contributed by atoms with Gasteiger partial charge >= 0.3 is 12.2 Å². The zero-order chi connectivity index (χ0) is 19.0. The van der Waals surface area contributed by atoms with Crippen molar-refractivity contribution < 1.29 is 19.1 Å². The highest BCUT2D eigenvalue weighted by Gasteiger charge is 2.24. The van der Waals surface area contributed by atoms with Gasteiger partial charge in [-0.1, -0.05) is 30.3 Å². The third kappa shape index (κ3) is 7.74. The molecule has 0 aromatic heterocycles. The van der Waals surface area contributed by atoms with E-state index in [4.69, 9.17) is 9.47 Å². The van der Waals surface area contributed by atoms with Gasteiger partial charge in [0.05, 0.1) is 0 Å². The van der Waals surface area contributed by atoms with Crippen molar-refractivity contribution in [2.75, 3.05) is 0 Å². The second kappa shape index (κ2) is 9.43. The molecule has 1 aromatic carbocycles. The standard InChI is InChI=1S/C19H29N3O4/c1-19(2,3)26-18(24)22-21-16-11-9-15(10-12-16)20-17(23)25-13-14-7-5-4-6-8-14/h4-8,15-16,21H,9-13H2,1-3H3,(H,20,23)(H,22,24). The Morgan fingerprint density at radius 1 is 1.00 bits per heavy atom. The molecule has 7 nitrogen and oxygen atoms in total. The Hall–Kier alpha value is -2.28. The smallest absolute Gasteiger partial charge is 0.422 e. The summed E-state index contributed by atoms with van der Waals surface area (Å²) in [5, 5.41) is 2.90. The first-order valence-electron chi connectivity index (χ1n) is 9.03. The van der Waals surface area contributed by atoms with Crippen molar-refractivity contribution in [2.24, 2.45) is 0 Å². The van der Waals surface area contributed by atoms with Crippen molar-refractivity contribution in [2.45, 2.75) is 70.7 Å². The van der Waals surface area contributed by atoms with E-state index in [1.54, 1.807) is 0 Å². The number of nitrogens with one attached hydrogen (secondary N) is 3. The Morgan fingerprint density at radius 2 is 1.62 bits per heavy atom. The van der Waals surface area contributed by atoms with E-state index in [-0.39, 0.29) is 18.7 Å². The van der Waals surface area contributed by atoms with Gasteiger partial charge in [-0.25, -0.2) is 15.0 Å². The van der Waals surface area contributed by atoms with Crippen LogP contribution in [0.3, 0.4) is 0 Å². The predicted octanol–water partition coefficient (Wildman–Crippen LogP) is 3.25. The molecule has 0 unspecified atom stereocenters. The monoisotopic (exact) mass is 363 g/mol. The molecule has 0 spiro atoms. The molecule has 26 heavy (non-hydrogen) atoms. The van der Waals surface area contributed by atoms with Crippen LogP contribution in [0.25, 0.3) is 0 Å². The van der Waals surface area contributed by atoms with Crippen LogP contribution in [0.2, 0.25) is 0 Å². The van der Waals surface area contributed by atoms with E-state index >= 15 is 0 Å². The second-order valence-electron chi connectivity index (χ2n) is 7.53. The number of ether oxygens (including phenoxy) is 2. The molecule has 7 heteroatoms. The Labute approximate surface area is 154 Å². The number of rotatable bonds is 5. The van der Waals surface area contributed by atoms with Crippen LogP contribution in [-0.2, 0) is 16.1 Å². The normalized spacial score (nSPS) is 20.1. The number of hydrazine groups is 1. The average molecular weight is 363 g/mol. The maximum absolute atomic E-state index is 11.9. The molecule has 2 rings (SSSR count).